The lowest BCUT2D eigenvalue weighted by Crippen LogP contribution is -2.16. The number of anilines is 1. The molecule has 0 radical (unpaired) electrons. The Morgan fingerprint density at radius 1 is 1.05 bits per heavy atom. The Morgan fingerprint density at radius 3 is 2.46 bits per heavy atom. The van der Waals surface area contributed by atoms with E-state index in [0.29, 0.717) is 31.4 Å². The van der Waals surface area contributed by atoms with E-state index in [9.17, 15) is 18.0 Å². The van der Waals surface area contributed by atoms with E-state index in [0.717, 1.165) is 12.3 Å². The van der Waals surface area contributed by atoms with Crippen LogP contribution in [0.25, 0.3) is 16.9 Å². The molecule has 1 N–H and O–H groups in total. The van der Waals surface area contributed by atoms with Gasteiger partial charge in [-0.05, 0) is 48.0 Å². The molecule has 5 rings (SSSR count). The van der Waals surface area contributed by atoms with E-state index in [4.69, 9.17) is 39.5 Å². The molecule has 2 aromatic carbocycles. The number of carbonyl (C=O) groups is 1. The molecule has 8 nitrogen and oxygen atoms in total. The van der Waals surface area contributed by atoms with Crippen molar-refractivity contribution in [2.45, 2.75) is 12.7 Å². The molecule has 0 spiro atoms. The fraction of sp³-hybridized carbons (Fsp3) is 0.120. The van der Waals surface area contributed by atoms with Crippen LogP contribution in [-0.4, -0.2) is 37.4 Å². The molecule has 3 aromatic heterocycles. The number of alkyl halides is 3. The zero-order valence-electron chi connectivity index (χ0n) is 19.8. The second-order valence-corrected chi connectivity index (χ2v) is 9.51. The molecule has 5 aromatic rings. The van der Waals surface area contributed by atoms with E-state index in [1.54, 1.807) is 42.5 Å². The van der Waals surface area contributed by atoms with Gasteiger partial charge in [0.15, 0.2) is 17.2 Å². The molecule has 0 aliphatic carbocycles. The van der Waals surface area contributed by atoms with Gasteiger partial charge < -0.3 is 10.1 Å². The molecular formula is C25H16Cl3F3N6O2. The fourth-order valence-corrected chi connectivity index (χ4v) is 4.46. The minimum atomic E-state index is -4.77. The molecule has 0 fully saturated rings. The van der Waals surface area contributed by atoms with Gasteiger partial charge >= 0.3 is 6.18 Å². The van der Waals surface area contributed by atoms with E-state index in [1.165, 1.54) is 18.0 Å². The van der Waals surface area contributed by atoms with Gasteiger partial charge in [-0.25, -0.2) is 9.50 Å². The number of nitrogens with zero attached hydrogens (tertiary/aromatic N) is 5. The summed E-state index contributed by atoms with van der Waals surface area (Å²) in [5.41, 5.74) is -0.512. The minimum absolute atomic E-state index is 0.00539. The summed E-state index contributed by atoms with van der Waals surface area (Å²) in [6.45, 7) is 0.226. The Hall–Kier alpha value is -3.80. The summed E-state index contributed by atoms with van der Waals surface area (Å²) in [6, 6.07) is 12.2. The quantitative estimate of drug-likeness (QED) is 0.231. The van der Waals surface area contributed by atoms with Crippen molar-refractivity contribution in [1.82, 2.24) is 24.4 Å². The highest BCUT2D eigenvalue weighted by molar-refractivity contribution is 6.35. The monoisotopic (exact) mass is 594 g/mol. The molecule has 14 heteroatoms. The van der Waals surface area contributed by atoms with Crippen LogP contribution in [0.1, 0.15) is 21.6 Å². The maximum Gasteiger partial charge on any atom is 0.433 e. The smallest absolute Gasteiger partial charge is 0.433 e. The Balaban J connectivity index is 1.48. The average Bonchev–Trinajstić information content (AvgIpc) is 3.47. The maximum atomic E-state index is 13.9. The van der Waals surface area contributed by atoms with E-state index < -0.39 is 17.8 Å². The van der Waals surface area contributed by atoms with Gasteiger partial charge in [0.2, 0.25) is 0 Å². The first-order valence-electron chi connectivity index (χ1n) is 11.1. The molecule has 0 atom stereocenters. The number of aromatic nitrogens is 5. The number of fused-ring (bicyclic) bond motifs is 1. The Bertz CT molecular complexity index is 1700. The lowest BCUT2D eigenvalue weighted by molar-refractivity contribution is -0.142. The van der Waals surface area contributed by atoms with E-state index >= 15 is 0 Å². The van der Waals surface area contributed by atoms with Crippen molar-refractivity contribution in [2.75, 3.05) is 12.4 Å². The topological polar surface area (TPSA) is 86.3 Å². The number of halogens is 6. The van der Waals surface area contributed by atoms with E-state index in [2.05, 4.69) is 20.5 Å². The SMILES string of the molecule is COc1ccc(-c2cc(C(F)(F)F)n3ncc(C(=O)Nc4nn(Cc5ccc(Cl)cc5Cl)cc4Cl)c3n2)cc1. The summed E-state index contributed by atoms with van der Waals surface area (Å²) < 4.78 is 48.9. The molecule has 3 heterocycles. The number of nitrogens with one attached hydrogen (secondary N) is 1. The van der Waals surface area contributed by atoms with Gasteiger partial charge in [-0.3, -0.25) is 9.48 Å². The molecule has 0 aliphatic rings. The molecule has 39 heavy (non-hydrogen) atoms. The van der Waals surface area contributed by atoms with Crippen LogP contribution in [0, 0.1) is 0 Å². The summed E-state index contributed by atoms with van der Waals surface area (Å²) in [6.07, 6.45) is -2.30. The van der Waals surface area contributed by atoms with Crippen LogP contribution in [-0.2, 0) is 12.7 Å². The summed E-state index contributed by atoms with van der Waals surface area (Å²) >= 11 is 18.4. The standard InChI is InChI=1S/C25H16Cl3F3N6O2/c1-39-16-6-3-13(4-7-16)20-9-21(25(29,30)31)37-23(33-20)17(10-32-37)24(38)34-22-19(28)12-36(35-22)11-14-2-5-15(26)8-18(14)27/h2-10,12H,11H2,1H3,(H,34,35,38). The molecule has 0 saturated carbocycles. The largest absolute Gasteiger partial charge is 0.497 e. The summed E-state index contributed by atoms with van der Waals surface area (Å²) in [7, 11) is 1.47. The summed E-state index contributed by atoms with van der Waals surface area (Å²) in [5, 5.41) is 11.6. The Labute approximate surface area is 233 Å². The van der Waals surface area contributed by atoms with Crippen molar-refractivity contribution in [3.8, 4) is 17.0 Å². The van der Waals surface area contributed by atoms with Crippen LogP contribution >= 0.6 is 34.8 Å². The summed E-state index contributed by atoms with van der Waals surface area (Å²) in [5.74, 6) is -0.280. The highest BCUT2D eigenvalue weighted by Crippen LogP contribution is 2.33. The van der Waals surface area contributed by atoms with Crippen molar-refractivity contribution >= 4 is 52.2 Å². The Morgan fingerprint density at radius 2 is 1.79 bits per heavy atom. The summed E-state index contributed by atoms with van der Waals surface area (Å²) in [4.78, 5) is 17.5. The number of hydrogen-bond acceptors (Lipinski definition) is 5. The first-order valence-corrected chi connectivity index (χ1v) is 12.3. The van der Waals surface area contributed by atoms with Crippen molar-refractivity contribution in [1.29, 1.82) is 0 Å². The van der Waals surface area contributed by atoms with Crippen molar-refractivity contribution in [3.05, 3.63) is 92.8 Å². The zero-order chi connectivity index (χ0) is 27.9. The number of methoxy groups -OCH3 is 1. The van der Waals surface area contributed by atoms with Crippen molar-refractivity contribution in [3.63, 3.8) is 0 Å². The third kappa shape index (κ3) is 5.51. The van der Waals surface area contributed by atoms with Crippen LogP contribution in [0.2, 0.25) is 15.1 Å². The van der Waals surface area contributed by atoms with Crippen molar-refractivity contribution < 1.29 is 22.7 Å². The number of benzene rings is 2. The second kappa shape index (κ2) is 10.4. The van der Waals surface area contributed by atoms with E-state index in [1.807, 2.05) is 0 Å². The number of hydrogen-bond donors (Lipinski definition) is 1. The van der Waals surface area contributed by atoms with Crippen molar-refractivity contribution in [2.24, 2.45) is 0 Å². The normalized spacial score (nSPS) is 11.7. The number of amides is 1. The van der Waals surface area contributed by atoms with Gasteiger partial charge in [0, 0.05) is 21.8 Å². The predicted molar refractivity (Wildman–Crippen MR) is 141 cm³/mol. The first kappa shape index (κ1) is 26.8. The number of rotatable bonds is 6. The van der Waals surface area contributed by atoms with E-state index in [-0.39, 0.29) is 34.3 Å². The number of ether oxygens (including phenoxy) is 1. The third-order valence-corrected chi connectivity index (χ3v) is 6.55. The maximum absolute atomic E-state index is 13.9. The first-order chi connectivity index (χ1) is 18.5. The molecule has 0 aliphatic heterocycles. The van der Waals surface area contributed by atoms with Gasteiger partial charge in [0.1, 0.15) is 16.3 Å². The predicted octanol–water partition coefficient (Wildman–Crippen LogP) is 6.88. The van der Waals surface area contributed by atoms with Crippen LogP contribution in [0.5, 0.6) is 5.75 Å². The molecule has 0 unspecified atom stereocenters. The minimum Gasteiger partial charge on any atom is -0.497 e. The molecule has 0 saturated heterocycles. The van der Waals surface area contributed by atoms with Gasteiger partial charge in [0.05, 0.1) is 25.5 Å². The van der Waals surface area contributed by atoms with Gasteiger partial charge in [0.25, 0.3) is 5.91 Å². The van der Waals surface area contributed by atoms with Crippen LogP contribution in [0.3, 0.4) is 0 Å². The molecule has 1 amide bonds. The Kier molecular flexibility index (Phi) is 7.15. The lowest BCUT2D eigenvalue weighted by Gasteiger charge is -2.12. The number of carbonyl (C=O) groups excluding carboxylic acids is 1. The lowest BCUT2D eigenvalue weighted by atomic mass is 10.1. The molecular weight excluding hydrogens is 580 g/mol. The third-order valence-electron chi connectivity index (χ3n) is 5.69. The zero-order valence-corrected chi connectivity index (χ0v) is 22.1. The highest BCUT2D eigenvalue weighted by Gasteiger charge is 2.36. The average molecular weight is 596 g/mol. The van der Waals surface area contributed by atoms with Gasteiger partial charge in [-0.2, -0.15) is 23.4 Å². The van der Waals surface area contributed by atoms with Gasteiger partial charge in [-0.1, -0.05) is 40.9 Å². The second-order valence-electron chi connectivity index (χ2n) is 8.26. The van der Waals surface area contributed by atoms with Crippen LogP contribution in [0.4, 0.5) is 19.0 Å². The van der Waals surface area contributed by atoms with Gasteiger partial charge in [-0.15, -0.1) is 0 Å². The highest BCUT2D eigenvalue weighted by atomic mass is 35.5. The molecule has 0 bridgehead atoms. The van der Waals surface area contributed by atoms with Crippen LogP contribution < -0.4 is 10.1 Å². The van der Waals surface area contributed by atoms with Crippen LogP contribution in [0.15, 0.2) is 60.9 Å². The molecule has 200 valence electrons. The fourth-order valence-electron chi connectivity index (χ4n) is 3.80.